The molecule has 0 saturated heterocycles. The number of hydrogen-bond donors (Lipinski definition) is 2. The van der Waals surface area contributed by atoms with Crippen LogP contribution in [0, 0.1) is 5.82 Å². The highest BCUT2D eigenvalue weighted by molar-refractivity contribution is 5.84. The minimum atomic E-state index is -0.308. The zero-order valence-corrected chi connectivity index (χ0v) is 15.7. The number of rotatable bonds is 8. The lowest BCUT2D eigenvalue weighted by atomic mass is 9.84. The zero-order valence-electron chi connectivity index (χ0n) is 15.7. The van der Waals surface area contributed by atoms with Gasteiger partial charge in [0, 0.05) is 39.7 Å². The van der Waals surface area contributed by atoms with Crippen LogP contribution in [0.1, 0.15) is 19.4 Å². The molecule has 0 atom stereocenters. The Balaban J connectivity index is 2.75. The molecule has 1 rings (SSSR count). The van der Waals surface area contributed by atoms with E-state index in [1.807, 2.05) is 19.9 Å². The topological polar surface area (TPSA) is 66.0 Å². The summed E-state index contributed by atoms with van der Waals surface area (Å²) in [5.74, 6) is 0.184. The van der Waals surface area contributed by atoms with Crippen LogP contribution in [0.25, 0.3) is 0 Å². The van der Waals surface area contributed by atoms with Gasteiger partial charge in [0.25, 0.3) is 0 Å². The number of likely N-dealkylation sites (N-methyl/N-ethyl adjacent to an activating group) is 1. The molecule has 0 heterocycles. The second-order valence-electron chi connectivity index (χ2n) is 6.62. The number of hydrogen-bond acceptors (Lipinski definition) is 3. The Labute approximate surface area is 149 Å². The van der Waals surface area contributed by atoms with Gasteiger partial charge in [0.1, 0.15) is 12.4 Å². The van der Waals surface area contributed by atoms with Gasteiger partial charge in [0.15, 0.2) is 5.96 Å². The number of aliphatic imine (C=N–C) groups is 1. The van der Waals surface area contributed by atoms with Crippen LogP contribution in [0.5, 0.6) is 0 Å². The molecule has 2 N–H and O–H groups in total. The van der Waals surface area contributed by atoms with Gasteiger partial charge >= 0.3 is 0 Å². The van der Waals surface area contributed by atoms with Gasteiger partial charge in [-0.05, 0) is 17.7 Å². The van der Waals surface area contributed by atoms with Crippen LogP contribution in [0.3, 0.4) is 0 Å². The van der Waals surface area contributed by atoms with E-state index >= 15 is 0 Å². The summed E-state index contributed by atoms with van der Waals surface area (Å²) in [6.07, 6.45) is 0. The molecular formula is C18H29FN4O2. The second-order valence-corrected chi connectivity index (χ2v) is 6.62. The third-order valence-corrected chi connectivity index (χ3v) is 3.77. The highest BCUT2D eigenvalue weighted by Gasteiger charge is 2.21. The van der Waals surface area contributed by atoms with Crippen LogP contribution in [0.2, 0.25) is 0 Å². The first-order valence-electron chi connectivity index (χ1n) is 8.23. The van der Waals surface area contributed by atoms with Crippen molar-refractivity contribution in [1.29, 1.82) is 0 Å². The molecule has 140 valence electrons. The van der Waals surface area contributed by atoms with Crippen molar-refractivity contribution >= 4 is 11.9 Å². The average molecular weight is 352 g/mol. The number of nitrogens with one attached hydrogen (secondary N) is 2. The predicted octanol–water partition coefficient (Wildman–Crippen LogP) is 1.37. The van der Waals surface area contributed by atoms with Crippen LogP contribution in [0.15, 0.2) is 29.3 Å². The maximum atomic E-state index is 13.5. The summed E-state index contributed by atoms with van der Waals surface area (Å²) in [5, 5.41) is 6.34. The highest BCUT2D eigenvalue weighted by atomic mass is 19.1. The van der Waals surface area contributed by atoms with Crippen molar-refractivity contribution in [2.45, 2.75) is 19.3 Å². The van der Waals surface area contributed by atoms with Crippen molar-refractivity contribution in [3.8, 4) is 0 Å². The molecule has 7 heteroatoms. The van der Waals surface area contributed by atoms with Gasteiger partial charge in [-0.15, -0.1) is 0 Å². The zero-order chi connectivity index (χ0) is 18.9. The van der Waals surface area contributed by atoms with Crippen molar-refractivity contribution < 1.29 is 13.9 Å². The molecule has 0 bridgehead atoms. The fourth-order valence-electron chi connectivity index (χ4n) is 2.05. The number of nitrogens with zero attached hydrogens (tertiary/aromatic N) is 2. The van der Waals surface area contributed by atoms with Crippen LogP contribution in [-0.2, 0) is 14.9 Å². The van der Waals surface area contributed by atoms with E-state index in [1.54, 1.807) is 27.3 Å². The van der Waals surface area contributed by atoms with E-state index in [9.17, 15) is 9.18 Å². The largest absolute Gasteiger partial charge is 0.383 e. The predicted molar refractivity (Wildman–Crippen MR) is 98.3 cm³/mol. The summed E-state index contributed by atoms with van der Waals surface area (Å²) in [6.45, 7) is 5.72. The van der Waals surface area contributed by atoms with Gasteiger partial charge in [0.05, 0.1) is 6.61 Å². The summed E-state index contributed by atoms with van der Waals surface area (Å²) in [6, 6.07) is 6.56. The van der Waals surface area contributed by atoms with Gasteiger partial charge in [-0.3, -0.25) is 4.79 Å². The van der Waals surface area contributed by atoms with Crippen LogP contribution < -0.4 is 10.6 Å². The van der Waals surface area contributed by atoms with E-state index in [2.05, 4.69) is 15.6 Å². The monoisotopic (exact) mass is 352 g/mol. The lowest BCUT2D eigenvalue weighted by Gasteiger charge is -2.27. The molecule has 6 nitrogen and oxygen atoms in total. The lowest BCUT2D eigenvalue weighted by molar-refractivity contribution is -0.127. The average Bonchev–Trinajstić information content (AvgIpc) is 2.56. The van der Waals surface area contributed by atoms with Crippen LogP contribution in [-0.4, -0.2) is 64.2 Å². The summed E-state index contributed by atoms with van der Waals surface area (Å²) in [7, 11) is 5.00. The fraction of sp³-hybridized carbons (Fsp3) is 0.556. The number of ether oxygens (including phenoxy) is 1. The van der Waals surface area contributed by atoms with E-state index in [1.165, 1.54) is 17.0 Å². The molecule has 0 unspecified atom stereocenters. The minimum absolute atomic E-state index is 0.0513. The minimum Gasteiger partial charge on any atom is -0.383 e. The van der Waals surface area contributed by atoms with E-state index < -0.39 is 0 Å². The quantitative estimate of drug-likeness (QED) is 0.421. The van der Waals surface area contributed by atoms with Gasteiger partial charge in [-0.2, -0.15) is 0 Å². The van der Waals surface area contributed by atoms with E-state index in [4.69, 9.17) is 4.74 Å². The third kappa shape index (κ3) is 7.51. The van der Waals surface area contributed by atoms with E-state index in [0.29, 0.717) is 25.7 Å². The first-order chi connectivity index (χ1) is 11.8. The molecule has 0 aliphatic carbocycles. The van der Waals surface area contributed by atoms with Crippen molar-refractivity contribution in [3.63, 3.8) is 0 Å². The van der Waals surface area contributed by atoms with Gasteiger partial charge in [-0.1, -0.05) is 26.0 Å². The Morgan fingerprint density at radius 3 is 2.64 bits per heavy atom. The lowest BCUT2D eigenvalue weighted by Crippen LogP contribution is -2.45. The molecule has 1 aromatic carbocycles. The molecule has 1 amide bonds. The highest BCUT2D eigenvalue weighted by Crippen LogP contribution is 2.22. The molecule has 25 heavy (non-hydrogen) atoms. The molecule has 0 aliphatic heterocycles. The molecule has 0 radical (unpaired) electrons. The molecule has 0 fully saturated rings. The van der Waals surface area contributed by atoms with Crippen molar-refractivity contribution in [3.05, 3.63) is 35.6 Å². The van der Waals surface area contributed by atoms with Crippen molar-refractivity contribution in [1.82, 2.24) is 15.5 Å². The maximum Gasteiger partial charge on any atom is 0.243 e. The smallest absolute Gasteiger partial charge is 0.243 e. The van der Waals surface area contributed by atoms with Crippen molar-refractivity contribution in [2.24, 2.45) is 4.99 Å². The first-order valence-corrected chi connectivity index (χ1v) is 8.23. The number of guanidine groups is 1. The summed E-state index contributed by atoms with van der Waals surface area (Å²) < 4.78 is 18.5. The summed E-state index contributed by atoms with van der Waals surface area (Å²) in [4.78, 5) is 17.5. The van der Waals surface area contributed by atoms with Gasteiger partial charge in [-0.25, -0.2) is 9.38 Å². The van der Waals surface area contributed by atoms with Crippen LogP contribution >= 0.6 is 0 Å². The third-order valence-electron chi connectivity index (χ3n) is 3.77. The van der Waals surface area contributed by atoms with Crippen LogP contribution in [0.4, 0.5) is 4.39 Å². The Bertz CT molecular complexity index is 588. The standard InChI is InChI=1S/C18H29FN4O2/c1-18(2,14-7-6-8-15(19)11-14)13-22-17(20-9-10-25-5)21-12-16(24)23(3)4/h6-8,11H,9-10,12-13H2,1-5H3,(H2,20,21,22). The molecular weight excluding hydrogens is 323 g/mol. The molecule has 0 saturated carbocycles. The first kappa shape index (κ1) is 20.9. The normalized spacial score (nSPS) is 12.0. The Morgan fingerprint density at radius 1 is 1.32 bits per heavy atom. The second kappa shape index (κ2) is 9.98. The fourth-order valence-corrected chi connectivity index (χ4v) is 2.05. The van der Waals surface area contributed by atoms with E-state index in [-0.39, 0.29) is 23.7 Å². The maximum absolute atomic E-state index is 13.5. The number of benzene rings is 1. The Hall–Kier alpha value is -2.15. The van der Waals surface area contributed by atoms with Gasteiger partial charge < -0.3 is 20.3 Å². The van der Waals surface area contributed by atoms with Crippen molar-refractivity contribution in [2.75, 3.05) is 47.4 Å². The molecule has 0 aromatic heterocycles. The number of carbonyl (C=O) groups excluding carboxylic acids is 1. The molecule has 0 aliphatic rings. The number of carbonyl (C=O) groups is 1. The number of amides is 1. The van der Waals surface area contributed by atoms with E-state index in [0.717, 1.165) is 5.56 Å². The molecule has 1 aromatic rings. The Kier molecular flexibility index (Phi) is 8.34. The Morgan fingerprint density at radius 2 is 2.04 bits per heavy atom. The summed E-state index contributed by atoms with van der Waals surface area (Å²) in [5.41, 5.74) is 0.581. The van der Waals surface area contributed by atoms with Gasteiger partial charge in [0.2, 0.25) is 5.91 Å². The number of halogens is 1. The molecule has 0 spiro atoms. The number of methoxy groups -OCH3 is 1. The summed E-state index contributed by atoms with van der Waals surface area (Å²) >= 11 is 0. The SMILES string of the molecule is COCCNC(=NCC(=O)N(C)C)NCC(C)(C)c1cccc(F)c1.